The van der Waals surface area contributed by atoms with E-state index in [1.807, 2.05) is 30.3 Å². The first kappa shape index (κ1) is 20.8. The van der Waals surface area contributed by atoms with Crippen LogP contribution in [0.25, 0.3) is 0 Å². The highest BCUT2D eigenvalue weighted by atomic mass is 32.2. The first-order chi connectivity index (χ1) is 14.4. The molecule has 0 saturated carbocycles. The number of para-hydroxylation sites is 2. The monoisotopic (exact) mass is 426 g/mol. The van der Waals surface area contributed by atoms with E-state index < -0.39 is 20.6 Å². The van der Waals surface area contributed by atoms with Crippen molar-refractivity contribution in [3.05, 3.63) is 88.5 Å². The van der Waals surface area contributed by atoms with Crippen molar-refractivity contribution in [1.82, 2.24) is 0 Å². The fourth-order valence-corrected chi connectivity index (χ4v) is 3.66. The summed E-state index contributed by atoms with van der Waals surface area (Å²) in [7, 11) is -2.67. The average molecular weight is 426 g/mol. The predicted molar refractivity (Wildman–Crippen MR) is 115 cm³/mol. The first-order valence-corrected chi connectivity index (χ1v) is 10.2. The summed E-state index contributed by atoms with van der Waals surface area (Å²) in [6.45, 7) is 0. The number of nitro benzene ring substituents is 1. The topological polar surface area (TPSA) is 123 Å². The second kappa shape index (κ2) is 9.05. The first-order valence-electron chi connectivity index (χ1n) is 8.69. The molecule has 0 aliphatic carbocycles. The molecular formula is C20H18N4O5S. The van der Waals surface area contributed by atoms with Gasteiger partial charge in [0.25, 0.3) is 15.7 Å². The van der Waals surface area contributed by atoms with Gasteiger partial charge in [-0.05, 0) is 29.8 Å². The van der Waals surface area contributed by atoms with Gasteiger partial charge in [-0.15, -0.1) is 0 Å². The molecule has 0 radical (unpaired) electrons. The summed E-state index contributed by atoms with van der Waals surface area (Å²) in [6, 6.07) is 19.1. The number of hydrogen-bond donors (Lipinski definition) is 2. The lowest BCUT2D eigenvalue weighted by atomic mass is 10.2. The van der Waals surface area contributed by atoms with E-state index in [4.69, 9.17) is 4.74 Å². The van der Waals surface area contributed by atoms with Crippen molar-refractivity contribution >= 4 is 33.3 Å². The maximum Gasteiger partial charge on any atom is 0.295 e. The van der Waals surface area contributed by atoms with Crippen LogP contribution in [0.5, 0.6) is 5.75 Å². The van der Waals surface area contributed by atoms with Crippen LogP contribution >= 0.6 is 0 Å². The summed E-state index contributed by atoms with van der Waals surface area (Å²) in [6.07, 6.45) is 1.50. The highest BCUT2D eigenvalue weighted by Gasteiger charge is 2.22. The van der Waals surface area contributed by atoms with Gasteiger partial charge in [-0.1, -0.05) is 42.5 Å². The number of hydrazone groups is 1. The molecule has 0 bridgehead atoms. The van der Waals surface area contributed by atoms with Gasteiger partial charge in [0.2, 0.25) is 0 Å². The number of sulfonamides is 1. The van der Waals surface area contributed by atoms with Gasteiger partial charge in [-0.3, -0.25) is 20.3 Å². The summed E-state index contributed by atoms with van der Waals surface area (Å²) < 4.78 is 32.9. The molecule has 0 heterocycles. The third-order valence-corrected chi connectivity index (χ3v) is 5.39. The lowest BCUT2D eigenvalue weighted by Crippen LogP contribution is -2.14. The van der Waals surface area contributed by atoms with Gasteiger partial charge in [-0.2, -0.15) is 5.10 Å². The van der Waals surface area contributed by atoms with Crippen LogP contribution in [0.1, 0.15) is 5.56 Å². The van der Waals surface area contributed by atoms with Crippen LogP contribution in [0.2, 0.25) is 0 Å². The van der Waals surface area contributed by atoms with Gasteiger partial charge in [0, 0.05) is 6.07 Å². The molecule has 3 aromatic rings. The van der Waals surface area contributed by atoms with Crippen LogP contribution in [0, 0.1) is 10.1 Å². The molecule has 9 nitrogen and oxygen atoms in total. The van der Waals surface area contributed by atoms with Crippen LogP contribution in [0.3, 0.4) is 0 Å². The number of rotatable bonds is 8. The molecule has 0 amide bonds. The lowest BCUT2D eigenvalue weighted by molar-refractivity contribution is -0.384. The van der Waals surface area contributed by atoms with E-state index in [0.717, 1.165) is 11.6 Å². The number of ether oxygens (including phenoxy) is 1. The number of nitrogens with one attached hydrogen (secondary N) is 2. The molecule has 154 valence electrons. The summed E-state index contributed by atoms with van der Waals surface area (Å²) >= 11 is 0. The quantitative estimate of drug-likeness (QED) is 0.320. The average Bonchev–Trinajstić information content (AvgIpc) is 2.74. The molecule has 0 fully saturated rings. The van der Waals surface area contributed by atoms with Gasteiger partial charge in [-0.25, -0.2) is 8.42 Å². The highest BCUT2D eigenvalue weighted by Crippen LogP contribution is 2.30. The maximum absolute atomic E-state index is 12.7. The molecule has 0 aromatic heterocycles. The van der Waals surface area contributed by atoms with Crippen molar-refractivity contribution in [2.24, 2.45) is 5.10 Å². The van der Waals surface area contributed by atoms with Crippen LogP contribution in [0.15, 0.2) is 82.8 Å². The van der Waals surface area contributed by atoms with E-state index in [9.17, 15) is 18.5 Å². The minimum atomic E-state index is -4.08. The number of nitro groups is 1. The van der Waals surface area contributed by atoms with Crippen molar-refractivity contribution in [2.45, 2.75) is 4.90 Å². The lowest BCUT2D eigenvalue weighted by Gasteiger charge is -2.12. The molecular weight excluding hydrogens is 408 g/mol. The fraction of sp³-hybridized carbons (Fsp3) is 0.0500. The molecule has 10 heteroatoms. The van der Waals surface area contributed by atoms with Crippen molar-refractivity contribution in [2.75, 3.05) is 17.3 Å². The van der Waals surface area contributed by atoms with E-state index in [-0.39, 0.29) is 16.3 Å². The van der Waals surface area contributed by atoms with E-state index in [0.29, 0.717) is 5.75 Å². The molecule has 0 saturated heterocycles. The summed E-state index contributed by atoms with van der Waals surface area (Å²) in [5.74, 6) is 0.323. The number of benzene rings is 3. The molecule has 0 aliphatic heterocycles. The minimum absolute atomic E-state index is 0.0587. The van der Waals surface area contributed by atoms with Crippen molar-refractivity contribution in [3.8, 4) is 5.75 Å². The zero-order chi connectivity index (χ0) is 21.6. The minimum Gasteiger partial charge on any atom is -0.495 e. The maximum atomic E-state index is 12.7. The van der Waals surface area contributed by atoms with Gasteiger partial charge in [0.1, 0.15) is 11.4 Å². The third-order valence-electron chi connectivity index (χ3n) is 4.03. The molecule has 2 N–H and O–H groups in total. The highest BCUT2D eigenvalue weighted by molar-refractivity contribution is 7.92. The SMILES string of the molecule is COc1ccccc1NS(=O)(=O)c1ccc(NN=Cc2ccccc2)c([N+](=O)[O-])c1. The molecule has 3 aromatic carbocycles. The molecule has 0 spiro atoms. The van der Waals surface area contributed by atoms with Crippen LogP contribution in [-0.4, -0.2) is 26.7 Å². The largest absolute Gasteiger partial charge is 0.495 e. The predicted octanol–water partition coefficient (Wildman–Crippen LogP) is 3.85. The Morgan fingerprint density at radius 3 is 2.40 bits per heavy atom. The van der Waals surface area contributed by atoms with Gasteiger partial charge in [0.15, 0.2) is 0 Å². The second-order valence-electron chi connectivity index (χ2n) is 6.02. The van der Waals surface area contributed by atoms with Gasteiger partial charge < -0.3 is 4.74 Å². The Bertz CT molecular complexity index is 1180. The second-order valence-corrected chi connectivity index (χ2v) is 7.70. The number of nitrogens with zero attached hydrogens (tertiary/aromatic N) is 2. The molecule has 0 unspecified atom stereocenters. The molecule has 0 aliphatic rings. The number of anilines is 2. The zero-order valence-electron chi connectivity index (χ0n) is 15.8. The number of methoxy groups -OCH3 is 1. The van der Waals surface area contributed by atoms with Crippen LogP contribution in [0.4, 0.5) is 17.1 Å². The van der Waals surface area contributed by atoms with E-state index in [1.165, 1.54) is 31.5 Å². The van der Waals surface area contributed by atoms with E-state index >= 15 is 0 Å². The summed E-state index contributed by atoms with van der Waals surface area (Å²) in [5.41, 5.74) is 3.23. The van der Waals surface area contributed by atoms with Gasteiger partial charge in [0.05, 0.1) is 28.8 Å². The smallest absolute Gasteiger partial charge is 0.295 e. The van der Waals surface area contributed by atoms with Crippen LogP contribution < -0.4 is 14.9 Å². The summed E-state index contributed by atoms with van der Waals surface area (Å²) in [5, 5.41) is 15.4. The summed E-state index contributed by atoms with van der Waals surface area (Å²) in [4.78, 5) is 10.5. The van der Waals surface area contributed by atoms with E-state index in [1.54, 1.807) is 18.2 Å². The standard InChI is InChI=1S/C20H18N4O5S/c1-29-20-10-6-5-9-18(20)23-30(27,28)16-11-12-17(19(13-16)24(25)26)22-21-14-15-7-3-2-4-8-15/h2-14,22-23H,1H3. The van der Waals surface area contributed by atoms with E-state index in [2.05, 4.69) is 15.2 Å². The molecule has 0 atom stereocenters. The Kier molecular flexibility index (Phi) is 6.28. The third kappa shape index (κ3) is 4.92. The van der Waals surface area contributed by atoms with Gasteiger partial charge >= 0.3 is 0 Å². The Labute approximate surface area is 173 Å². The Morgan fingerprint density at radius 1 is 1.00 bits per heavy atom. The zero-order valence-corrected chi connectivity index (χ0v) is 16.7. The Balaban J connectivity index is 1.87. The van der Waals surface area contributed by atoms with Crippen molar-refractivity contribution in [1.29, 1.82) is 0 Å². The fourth-order valence-electron chi connectivity index (χ4n) is 2.57. The Morgan fingerprint density at radius 2 is 1.70 bits per heavy atom. The normalized spacial score (nSPS) is 11.2. The van der Waals surface area contributed by atoms with Crippen molar-refractivity contribution < 1.29 is 18.1 Å². The number of hydrogen-bond acceptors (Lipinski definition) is 7. The van der Waals surface area contributed by atoms with Crippen molar-refractivity contribution in [3.63, 3.8) is 0 Å². The Hall–Kier alpha value is -3.92. The van der Waals surface area contributed by atoms with Crippen LogP contribution in [-0.2, 0) is 10.0 Å². The molecule has 30 heavy (non-hydrogen) atoms. The molecule has 3 rings (SSSR count).